The van der Waals surface area contributed by atoms with Crippen molar-refractivity contribution < 1.29 is 9.47 Å². The van der Waals surface area contributed by atoms with Gasteiger partial charge in [-0.2, -0.15) is 0 Å². The number of rotatable bonds is 6. The van der Waals surface area contributed by atoms with E-state index in [1.165, 1.54) is 5.56 Å². The Morgan fingerprint density at radius 1 is 1.18 bits per heavy atom. The number of likely N-dealkylation sites (N-methyl/N-ethyl adjacent to an activating group) is 1. The molecule has 0 heterocycles. The van der Waals surface area contributed by atoms with E-state index in [0.717, 1.165) is 24.6 Å². The molecule has 0 radical (unpaired) electrons. The lowest BCUT2D eigenvalue weighted by molar-refractivity contribution is 0.378. The predicted octanol–water partition coefficient (Wildman–Crippen LogP) is 2.59. The minimum absolute atomic E-state index is 0.00981. The van der Waals surface area contributed by atoms with Gasteiger partial charge in [0.2, 0.25) is 0 Å². The number of ether oxygens (including phenoxy) is 2. The first-order chi connectivity index (χ1) is 8.05. The second kappa shape index (κ2) is 5.92. The third kappa shape index (κ3) is 3.37. The molecule has 0 amide bonds. The first-order valence-electron chi connectivity index (χ1n) is 5.98. The van der Waals surface area contributed by atoms with Crippen molar-refractivity contribution in [2.24, 2.45) is 0 Å². The molecule has 1 rings (SSSR count). The molecule has 0 aliphatic carbocycles. The van der Waals surface area contributed by atoms with E-state index in [9.17, 15) is 0 Å². The minimum Gasteiger partial charge on any atom is -0.497 e. The van der Waals surface area contributed by atoms with E-state index < -0.39 is 0 Å². The molecule has 17 heavy (non-hydrogen) atoms. The van der Waals surface area contributed by atoms with E-state index in [2.05, 4.69) is 32.2 Å². The lowest BCUT2D eigenvalue weighted by atomic mass is 9.83. The highest BCUT2D eigenvalue weighted by Gasteiger charge is 2.24. The van der Waals surface area contributed by atoms with Crippen LogP contribution in [0.5, 0.6) is 11.5 Å². The molecule has 0 aliphatic heterocycles. The summed E-state index contributed by atoms with van der Waals surface area (Å²) in [5.41, 5.74) is 1.18. The summed E-state index contributed by atoms with van der Waals surface area (Å²) in [4.78, 5) is 0. The molecule has 0 aromatic heterocycles. The van der Waals surface area contributed by atoms with Gasteiger partial charge in [0.15, 0.2) is 0 Å². The fourth-order valence-electron chi connectivity index (χ4n) is 1.88. The highest BCUT2D eigenvalue weighted by molar-refractivity contribution is 5.44. The van der Waals surface area contributed by atoms with Crippen LogP contribution in [0.3, 0.4) is 0 Å². The van der Waals surface area contributed by atoms with Gasteiger partial charge in [0.05, 0.1) is 14.2 Å². The molecule has 3 nitrogen and oxygen atoms in total. The van der Waals surface area contributed by atoms with Crippen molar-refractivity contribution in [2.45, 2.75) is 26.2 Å². The normalized spacial score (nSPS) is 11.4. The third-order valence-corrected chi connectivity index (χ3v) is 2.95. The van der Waals surface area contributed by atoms with Gasteiger partial charge in [-0.1, -0.05) is 20.8 Å². The van der Waals surface area contributed by atoms with Crippen LogP contribution in [-0.4, -0.2) is 27.3 Å². The number of nitrogens with one attached hydrogen (secondary N) is 1. The monoisotopic (exact) mass is 237 g/mol. The van der Waals surface area contributed by atoms with Crippen molar-refractivity contribution in [3.63, 3.8) is 0 Å². The van der Waals surface area contributed by atoms with Crippen LogP contribution in [0.4, 0.5) is 0 Å². The number of methoxy groups -OCH3 is 2. The Labute approximate surface area is 104 Å². The van der Waals surface area contributed by atoms with Crippen molar-refractivity contribution in [3.8, 4) is 11.5 Å². The first-order valence-corrected chi connectivity index (χ1v) is 5.98. The van der Waals surface area contributed by atoms with E-state index in [0.29, 0.717) is 0 Å². The summed E-state index contributed by atoms with van der Waals surface area (Å²) in [5, 5.41) is 3.38. The molecule has 0 spiro atoms. The quantitative estimate of drug-likeness (QED) is 0.825. The smallest absolute Gasteiger partial charge is 0.122 e. The van der Waals surface area contributed by atoms with Crippen molar-refractivity contribution >= 4 is 0 Å². The maximum Gasteiger partial charge on any atom is 0.122 e. The Morgan fingerprint density at radius 3 is 2.41 bits per heavy atom. The van der Waals surface area contributed by atoms with Crippen molar-refractivity contribution in [1.29, 1.82) is 0 Å². The van der Waals surface area contributed by atoms with Crippen LogP contribution < -0.4 is 14.8 Å². The van der Waals surface area contributed by atoms with Gasteiger partial charge in [0.1, 0.15) is 11.5 Å². The van der Waals surface area contributed by atoms with Crippen LogP contribution >= 0.6 is 0 Å². The maximum absolute atomic E-state index is 5.43. The Bertz CT molecular complexity index is 361. The van der Waals surface area contributed by atoms with Gasteiger partial charge in [0.25, 0.3) is 0 Å². The zero-order chi connectivity index (χ0) is 12.9. The van der Waals surface area contributed by atoms with Gasteiger partial charge in [-0.15, -0.1) is 0 Å². The second-order valence-corrected chi connectivity index (χ2v) is 4.73. The Kier molecular flexibility index (Phi) is 4.82. The van der Waals surface area contributed by atoms with Gasteiger partial charge in [-0.25, -0.2) is 0 Å². The van der Waals surface area contributed by atoms with E-state index in [4.69, 9.17) is 9.47 Å². The fourth-order valence-corrected chi connectivity index (χ4v) is 1.88. The summed E-state index contributed by atoms with van der Waals surface area (Å²) in [6.45, 7) is 8.39. The van der Waals surface area contributed by atoms with Gasteiger partial charge < -0.3 is 14.8 Å². The summed E-state index contributed by atoms with van der Waals surface area (Å²) in [5.74, 6) is 1.78. The average Bonchev–Trinajstić information content (AvgIpc) is 2.35. The van der Waals surface area contributed by atoms with Gasteiger partial charge in [-0.3, -0.25) is 0 Å². The first kappa shape index (κ1) is 13.8. The molecule has 1 aromatic carbocycles. The van der Waals surface area contributed by atoms with Crippen LogP contribution in [0.25, 0.3) is 0 Å². The molecule has 0 saturated heterocycles. The van der Waals surface area contributed by atoms with Crippen LogP contribution in [0.15, 0.2) is 18.2 Å². The lowest BCUT2D eigenvalue weighted by Crippen LogP contribution is -2.33. The molecule has 0 saturated carbocycles. The molecular weight excluding hydrogens is 214 g/mol. The Hall–Kier alpha value is -1.22. The van der Waals surface area contributed by atoms with E-state index in [1.54, 1.807) is 14.2 Å². The number of hydrogen-bond acceptors (Lipinski definition) is 3. The highest BCUT2D eigenvalue weighted by Crippen LogP contribution is 2.34. The predicted molar refractivity (Wildman–Crippen MR) is 71.1 cm³/mol. The molecule has 96 valence electrons. The number of benzene rings is 1. The van der Waals surface area contributed by atoms with Crippen LogP contribution in [0.1, 0.15) is 26.3 Å². The summed E-state index contributed by atoms with van der Waals surface area (Å²) >= 11 is 0. The zero-order valence-electron chi connectivity index (χ0n) is 11.5. The van der Waals surface area contributed by atoms with Crippen LogP contribution in [-0.2, 0) is 5.41 Å². The molecule has 1 N–H and O–H groups in total. The van der Waals surface area contributed by atoms with Gasteiger partial charge >= 0.3 is 0 Å². The molecule has 3 heteroatoms. The van der Waals surface area contributed by atoms with E-state index >= 15 is 0 Å². The molecule has 0 aliphatic rings. The average molecular weight is 237 g/mol. The van der Waals surface area contributed by atoms with Crippen molar-refractivity contribution in [3.05, 3.63) is 23.8 Å². The lowest BCUT2D eigenvalue weighted by Gasteiger charge is -2.27. The third-order valence-electron chi connectivity index (χ3n) is 2.95. The summed E-state index contributed by atoms with van der Waals surface area (Å²) in [6, 6.07) is 5.93. The molecule has 1 aromatic rings. The summed E-state index contributed by atoms with van der Waals surface area (Å²) in [6.07, 6.45) is 0. The van der Waals surface area contributed by atoms with E-state index in [1.807, 2.05) is 12.1 Å². The fraction of sp³-hybridized carbons (Fsp3) is 0.571. The SMILES string of the molecule is CCNCC(C)(C)c1cc(OC)ccc1OC. The molecular formula is C14H23NO2. The van der Waals surface area contributed by atoms with Crippen molar-refractivity contribution in [2.75, 3.05) is 27.3 Å². The summed E-state index contributed by atoms with van der Waals surface area (Å²) in [7, 11) is 3.39. The maximum atomic E-state index is 5.43. The van der Waals surface area contributed by atoms with E-state index in [-0.39, 0.29) is 5.41 Å². The number of hydrogen-bond donors (Lipinski definition) is 1. The molecule has 0 unspecified atom stereocenters. The van der Waals surface area contributed by atoms with Gasteiger partial charge in [0, 0.05) is 17.5 Å². The van der Waals surface area contributed by atoms with Crippen LogP contribution in [0.2, 0.25) is 0 Å². The van der Waals surface area contributed by atoms with Crippen LogP contribution in [0, 0.1) is 0 Å². The Balaban J connectivity index is 3.07. The Morgan fingerprint density at radius 2 is 1.88 bits per heavy atom. The van der Waals surface area contributed by atoms with Crippen molar-refractivity contribution in [1.82, 2.24) is 5.32 Å². The highest BCUT2D eigenvalue weighted by atomic mass is 16.5. The molecule has 0 bridgehead atoms. The van der Waals surface area contributed by atoms with Gasteiger partial charge in [-0.05, 0) is 24.7 Å². The second-order valence-electron chi connectivity index (χ2n) is 4.73. The summed E-state index contributed by atoms with van der Waals surface area (Å²) < 4.78 is 10.7. The largest absolute Gasteiger partial charge is 0.497 e. The topological polar surface area (TPSA) is 30.5 Å². The molecule has 0 atom stereocenters. The molecule has 0 fully saturated rings. The standard InChI is InChI=1S/C14H23NO2/c1-6-15-10-14(2,3)12-9-11(16-4)7-8-13(12)17-5/h7-9,15H,6,10H2,1-5H3. The minimum atomic E-state index is 0.00981. The zero-order valence-corrected chi connectivity index (χ0v) is 11.5.